The molecule has 2 unspecified atom stereocenters. The van der Waals surface area contributed by atoms with Crippen molar-refractivity contribution in [1.29, 1.82) is 0 Å². The second kappa shape index (κ2) is 6.18. The largest absolute Gasteiger partial charge is 0.308 e. The van der Waals surface area contributed by atoms with E-state index in [1.807, 2.05) is 11.3 Å². The second-order valence-electron chi connectivity index (χ2n) is 5.86. The number of fused-ring (bicyclic) bond motifs is 1. The van der Waals surface area contributed by atoms with E-state index in [2.05, 4.69) is 44.2 Å². The summed E-state index contributed by atoms with van der Waals surface area (Å²) in [7, 11) is 4.26. The number of nitrogens with one attached hydrogen (secondary N) is 1. The third-order valence-corrected chi connectivity index (χ3v) is 5.04. The highest BCUT2D eigenvalue weighted by Gasteiger charge is 2.17. The molecule has 0 spiro atoms. The Balaban J connectivity index is 1.96. The minimum absolute atomic E-state index is 0.482. The van der Waals surface area contributed by atoms with Crippen LogP contribution in [0.5, 0.6) is 0 Å². The molecule has 0 saturated heterocycles. The molecule has 0 fully saturated rings. The van der Waals surface area contributed by atoms with Crippen LogP contribution >= 0.6 is 11.3 Å². The summed E-state index contributed by atoms with van der Waals surface area (Å²) in [6.07, 6.45) is 5.36. The molecule has 0 aliphatic heterocycles. The van der Waals surface area contributed by atoms with Crippen LogP contribution in [0.15, 0.2) is 6.07 Å². The van der Waals surface area contributed by atoms with Gasteiger partial charge in [-0.25, -0.2) is 0 Å². The molecule has 1 N–H and O–H groups in total. The molecule has 0 saturated carbocycles. The van der Waals surface area contributed by atoms with Gasteiger partial charge in [-0.1, -0.05) is 0 Å². The number of hydrogen-bond donors (Lipinski definition) is 1. The Morgan fingerprint density at radius 2 is 2.00 bits per heavy atom. The molecule has 102 valence electrons. The molecule has 1 aromatic rings. The molecule has 1 aromatic heterocycles. The maximum Gasteiger partial charge on any atom is 0.0388 e. The minimum Gasteiger partial charge on any atom is -0.308 e. The van der Waals surface area contributed by atoms with E-state index in [1.54, 1.807) is 10.4 Å². The van der Waals surface area contributed by atoms with Gasteiger partial charge in [-0.2, -0.15) is 0 Å². The zero-order chi connectivity index (χ0) is 13.1. The van der Waals surface area contributed by atoms with Gasteiger partial charge in [0.2, 0.25) is 0 Å². The van der Waals surface area contributed by atoms with Crippen molar-refractivity contribution in [2.75, 3.05) is 20.6 Å². The lowest BCUT2D eigenvalue weighted by atomic mass is 9.99. The van der Waals surface area contributed by atoms with Crippen LogP contribution in [-0.2, 0) is 12.8 Å². The molecule has 18 heavy (non-hydrogen) atoms. The minimum atomic E-state index is 0.482. The van der Waals surface area contributed by atoms with Crippen LogP contribution in [0.4, 0.5) is 0 Å². The Labute approximate surface area is 115 Å². The first kappa shape index (κ1) is 14.0. The first-order chi connectivity index (χ1) is 8.56. The van der Waals surface area contributed by atoms with E-state index < -0.39 is 0 Å². The lowest BCUT2D eigenvalue weighted by molar-refractivity contribution is 0.335. The molecular formula is C15H26N2S. The van der Waals surface area contributed by atoms with Crippen LogP contribution in [0.25, 0.3) is 0 Å². The first-order valence-corrected chi connectivity index (χ1v) is 7.90. The summed E-state index contributed by atoms with van der Waals surface area (Å²) in [4.78, 5) is 5.40. The van der Waals surface area contributed by atoms with E-state index in [9.17, 15) is 0 Å². The van der Waals surface area contributed by atoms with E-state index >= 15 is 0 Å². The van der Waals surface area contributed by atoms with Gasteiger partial charge < -0.3 is 10.2 Å². The number of thiophene rings is 1. The van der Waals surface area contributed by atoms with Crippen LogP contribution in [0.3, 0.4) is 0 Å². The Morgan fingerprint density at radius 1 is 1.28 bits per heavy atom. The normalized spacial score (nSPS) is 18.7. The fraction of sp³-hybridized carbons (Fsp3) is 0.733. The molecule has 2 atom stereocenters. The molecule has 0 bridgehead atoms. The summed E-state index contributed by atoms with van der Waals surface area (Å²) in [6.45, 7) is 5.66. The van der Waals surface area contributed by atoms with Crippen molar-refractivity contribution in [2.45, 2.75) is 51.6 Å². The average Bonchev–Trinajstić information content (AvgIpc) is 2.71. The van der Waals surface area contributed by atoms with Crippen molar-refractivity contribution in [2.24, 2.45) is 0 Å². The van der Waals surface area contributed by atoms with Gasteiger partial charge in [-0.3, -0.25) is 0 Å². The smallest absolute Gasteiger partial charge is 0.0388 e. The quantitative estimate of drug-likeness (QED) is 0.880. The van der Waals surface area contributed by atoms with Crippen molar-refractivity contribution in [3.05, 3.63) is 21.4 Å². The zero-order valence-electron chi connectivity index (χ0n) is 12.1. The summed E-state index contributed by atoms with van der Waals surface area (Å²) in [5, 5.41) is 3.71. The van der Waals surface area contributed by atoms with Gasteiger partial charge in [-0.15, -0.1) is 11.3 Å². The van der Waals surface area contributed by atoms with Gasteiger partial charge in [0, 0.05) is 28.4 Å². The first-order valence-electron chi connectivity index (χ1n) is 7.08. The number of nitrogens with zero attached hydrogens (tertiary/aromatic N) is 1. The Morgan fingerprint density at radius 3 is 2.67 bits per heavy atom. The number of rotatable bonds is 5. The van der Waals surface area contributed by atoms with Gasteiger partial charge in [0.25, 0.3) is 0 Å². The highest BCUT2D eigenvalue weighted by atomic mass is 32.1. The SMILES string of the molecule is CC(CN(C)C)NC(C)c1cc2c(s1)CCCC2. The molecule has 0 amide bonds. The molecule has 1 aliphatic rings. The van der Waals surface area contributed by atoms with Gasteiger partial charge in [0.15, 0.2) is 0 Å². The number of likely N-dealkylation sites (N-methyl/N-ethyl adjacent to an activating group) is 1. The van der Waals surface area contributed by atoms with Gasteiger partial charge in [0.05, 0.1) is 0 Å². The lowest BCUT2D eigenvalue weighted by Gasteiger charge is -2.22. The molecule has 2 rings (SSSR count). The third kappa shape index (κ3) is 3.56. The highest BCUT2D eigenvalue weighted by molar-refractivity contribution is 7.12. The molecule has 0 aromatic carbocycles. The highest BCUT2D eigenvalue weighted by Crippen LogP contribution is 2.32. The molecule has 2 nitrogen and oxygen atoms in total. The lowest BCUT2D eigenvalue weighted by Crippen LogP contribution is -2.37. The van der Waals surface area contributed by atoms with E-state index in [1.165, 1.54) is 30.6 Å². The molecule has 1 aliphatic carbocycles. The second-order valence-corrected chi connectivity index (χ2v) is 7.02. The van der Waals surface area contributed by atoms with Crippen LogP contribution in [0.2, 0.25) is 0 Å². The molecule has 1 heterocycles. The number of hydrogen-bond acceptors (Lipinski definition) is 3. The topological polar surface area (TPSA) is 15.3 Å². The maximum absolute atomic E-state index is 3.71. The maximum atomic E-state index is 3.71. The predicted octanol–water partition coefficient (Wildman–Crippen LogP) is 3.23. The van der Waals surface area contributed by atoms with Crippen molar-refractivity contribution < 1.29 is 0 Å². The zero-order valence-corrected chi connectivity index (χ0v) is 12.9. The van der Waals surface area contributed by atoms with Crippen molar-refractivity contribution in [1.82, 2.24) is 10.2 Å². The van der Waals surface area contributed by atoms with E-state index in [4.69, 9.17) is 0 Å². The summed E-state index contributed by atoms with van der Waals surface area (Å²) in [6, 6.07) is 3.46. The predicted molar refractivity (Wildman–Crippen MR) is 80.5 cm³/mol. The fourth-order valence-corrected chi connectivity index (χ4v) is 4.11. The molecule has 0 radical (unpaired) electrons. The van der Waals surface area contributed by atoms with Gasteiger partial charge in [0.1, 0.15) is 0 Å². The van der Waals surface area contributed by atoms with Crippen LogP contribution in [0.1, 0.15) is 48.0 Å². The summed E-state index contributed by atoms with van der Waals surface area (Å²) < 4.78 is 0. The van der Waals surface area contributed by atoms with Crippen molar-refractivity contribution in [3.8, 4) is 0 Å². The Hall–Kier alpha value is -0.380. The summed E-state index contributed by atoms with van der Waals surface area (Å²) >= 11 is 2.03. The summed E-state index contributed by atoms with van der Waals surface area (Å²) in [5.41, 5.74) is 1.62. The molecule has 3 heteroatoms. The van der Waals surface area contributed by atoms with Crippen molar-refractivity contribution >= 4 is 11.3 Å². The fourth-order valence-electron chi connectivity index (χ4n) is 2.84. The van der Waals surface area contributed by atoms with Crippen molar-refractivity contribution in [3.63, 3.8) is 0 Å². The van der Waals surface area contributed by atoms with E-state index in [-0.39, 0.29) is 0 Å². The standard InChI is InChI=1S/C15H26N2S/c1-11(10-17(3)4)16-12(2)15-9-13-7-5-6-8-14(13)18-15/h9,11-12,16H,5-8,10H2,1-4H3. The van der Waals surface area contributed by atoms with E-state index in [0.29, 0.717) is 12.1 Å². The summed E-state index contributed by atoms with van der Waals surface area (Å²) in [5.74, 6) is 0. The van der Waals surface area contributed by atoms with Crippen LogP contribution in [-0.4, -0.2) is 31.6 Å². The van der Waals surface area contributed by atoms with Gasteiger partial charge in [-0.05, 0) is 65.3 Å². The third-order valence-electron chi connectivity index (χ3n) is 3.62. The van der Waals surface area contributed by atoms with Gasteiger partial charge >= 0.3 is 0 Å². The monoisotopic (exact) mass is 266 g/mol. The van der Waals surface area contributed by atoms with E-state index in [0.717, 1.165) is 6.54 Å². The Kier molecular flexibility index (Phi) is 4.82. The average molecular weight is 266 g/mol. The van der Waals surface area contributed by atoms with Crippen LogP contribution < -0.4 is 5.32 Å². The molecular weight excluding hydrogens is 240 g/mol. The Bertz CT molecular complexity index is 360. The number of aryl methyl sites for hydroxylation is 2. The van der Waals surface area contributed by atoms with Crippen LogP contribution in [0, 0.1) is 0 Å².